The Bertz CT molecular complexity index is 620. The molecule has 1 aromatic heterocycles. The third-order valence-electron chi connectivity index (χ3n) is 2.17. The van der Waals surface area contributed by atoms with Crippen LogP contribution < -0.4 is 10.5 Å². The van der Waals surface area contributed by atoms with Gasteiger partial charge in [0.2, 0.25) is 10.0 Å². The molecule has 3 N–H and O–H groups in total. The molecule has 0 spiro atoms. The number of rotatable bonds is 1. The zero-order valence-electron chi connectivity index (χ0n) is 8.54. The molecule has 0 unspecified atom stereocenters. The second-order valence-corrected chi connectivity index (χ2v) is 8.56. The first kappa shape index (κ1) is 14.9. The fourth-order valence-electron chi connectivity index (χ4n) is 1.44. The number of sulfonamides is 1. The van der Waals surface area contributed by atoms with Crippen LogP contribution in [0.15, 0.2) is 14.5 Å². The number of hydrogen-bond acceptors (Lipinski definition) is 6. The highest BCUT2D eigenvalue weighted by Gasteiger charge is 2.27. The van der Waals surface area contributed by atoms with Crippen molar-refractivity contribution < 1.29 is 16.8 Å². The Hall–Kier alpha value is -0.190. The molecular weight excluding hydrogens is 308 g/mol. The summed E-state index contributed by atoms with van der Waals surface area (Å²) in [6, 6.07) is 1.32. The molecule has 1 aliphatic rings. The number of thiophene rings is 1. The lowest BCUT2D eigenvalue weighted by atomic mass is 10.3. The fourth-order valence-corrected chi connectivity index (χ4v) is 5.42. The number of fused-ring (bicyclic) bond motifs is 1. The van der Waals surface area contributed by atoms with Crippen molar-refractivity contribution in [3.05, 3.63) is 11.6 Å². The summed E-state index contributed by atoms with van der Waals surface area (Å²) in [5, 5.41) is 7.88. The van der Waals surface area contributed by atoms with Crippen molar-refractivity contribution >= 4 is 43.6 Å². The predicted molar refractivity (Wildman–Crippen MR) is 66.7 cm³/mol. The SMILES string of the molecule is Cl.NS(=O)(=O)c1cc2c(s1)S(=O)(=O)CCNC2. The highest BCUT2D eigenvalue weighted by atomic mass is 35.5. The summed E-state index contributed by atoms with van der Waals surface area (Å²) in [5.41, 5.74) is 0.478. The van der Waals surface area contributed by atoms with Gasteiger partial charge < -0.3 is 5.32 Å². The third-order valence-corrected chi connectivity index (χ3v) is 7.15. The lowest BCUT2D eigenvalue weighted by Gasteiger charge is -1.96. The summed E-state index contributed by atoms with van der Waals surface area (Å²) in [6.07, 6.45) is 0. The zero-order chi connectivity index (χ0) is 12.0. The molecule has 0 radical (unpaired) electrons. The molecule has 0 bridgehead atoms. The fraction of sp³-hybridized carbons (Fsp3) is 0.429. The molecule has 2 rings (SSSR count). The average molecular weight is 319 g/mol. The number of sulfone groups is 1. The highest BCUT2D eigenvalue weighted by Crippen LogP contribution is 2.31. The van der Waals surface area contributed by atoms with Crippen LogP contribution in [0.25, 0.3) is 0 Å². The molecule has 0 saturated carbocycles. The molecule has 1 aromatic rings. The van der Waals surface area contributed by atoms with E-state index in [2.05, 4.69) is 5.32 Å². The molecule has 0 aromatic carbocycles. The minimum atomic E-state index is -3.83. The van der Waals surface area contributed by atoms with Gasteiger partial charge in [0.05, 0.1) is 5.75 Å². The summed E-state index contributed by atoms with van der Waals surface area (Å²) < 4.78 is 45.8. The summed E-state index contributed by atoms with van der Waals surface area (Å²) >= 11 is 0.722. The lowest BCUT2D eigenvalue weighted by Crippen LogP contribution is -2.17. The maximum atomic E-state index is 11.8. The van der Waals surface area contributed by atoms with Crippen LogP contribution in [0.5, 0.6) is 0 Å². The summed E-state index contributed by atoms with van der Waals surface area (Å²) in [7, 11) is -7.21. The van der Waals surface area contributed by atoms with Crippen molar-refractivity contribution in [2.24, 2.45) is 5.14 Å². The van der Waals surface area contributed by atoms with E-state index < -0.39 is 19.9 Å². The molecular formula is C7H11ClN2O4S3. The first-order valence-electron chi connectivity index (χ1n) is 4.40. The molecule has 0 saturated heterocycles. The van der Waals surface area contributed by atoms with E-state index >= 15 is 0 Å². The van der Waals surface area contributed by atoms with Gasteiger partial charge >= 0.3 is 0 Å². The van der Waals surface area contributed by atoms with E-state index in [0.29, 0.717) is 18.7 Å². The van der Waals surface area contributed by atoms with Crippen LogP contribution in [0, 0.1) is 0 Å². The van der Waals surface area contributed by atoms with E-state index in [0.717, 1.165) is 11.3 Å². The van der Waals surface area contributed by atoms with Crippen molar-refractivity contribution in [1.29, 1.82) is 0 Å². The summed E-state index contributed by atoms with van der Waals surface area (Å²) in [4.78, 5) is 0. The van der Waals surface area contributed by atoms with Gasteiger partial charge in [-0.1, -0.05) is 0 Å². The van der Waals surface area contributed by atoms with Gasteiger partial charge in [0, 0.05) is 13.1 Å². The first-order chi connectivity index (χ1) is 7.31. The largest absolute Gasteiger partial charge is 0.312 e. The number of nitrogens with two attached hydrogens (primary N) is 1. The summed E-state index contributed by atoms with van der Waals surface area (Å²) in [6.45, 7) is 0.717. The maximum absolute atomic E-state index is 11.8. The Balaban J connectivity index is 0.00000144. The van der Waals surface area contributed by atoms with Crippen molar-refractivity contribution in [2.75, 3.05) is 12.3 Å². The Morgan fingerprint density at radius 1 is 1.41 bits per heavy atom. The minimum Gasteiger partial charge on any atom is -0.312 e. The van der Waals surface area contributed by atoms with Gasteiger partial charge in [0.25, 0.3) is 0 Å². The Kier molecular flexibility index (Phi) is 4.22. The smallest absolute Gasteiger partial charge is 0.247 e. The van der Waals surface area contributed by atoms with Crippen LogP contribution in [-0.2, 0) is 26.4 Å². The van der Waals surface area contributed by atoms with E-state index in [1.165, 1.54) is 6.07 Å². The van der Waals surface area contributed by atoms with Crippen LogP contribution >= 0.6 is 23.7 Å². The average Bonchev–Trinajstić information content (AvgIpc) is 2.51. The molecule has 17 heavy (non-hydrogen) atoms. The Morgan fingerprint density at radius 3 is 2.65 bits per heavy atom. The van der Waals surface area contributed by atoms with Gasteiger partial charge in [-0.15, -0.1) is 23.7 Å². The molecule has 0 atom stereocenters. The van der Waals surface area contributed by atoms with E-state index in [1.807, 2.05) is 0 Å². The minimum absolute atomic E-state index is 0. The van der Waals surface area contributed by atoms with Crippen molar-refractivity contribution in [1.82, 2.24) is 5.32 Å². The second kappa shape index (κ2) is 4.82. The monoisotopic (exact) mass is 318 g/mol. The van der Waals surface area contributed by atoms with Gasteiger partial charge in [-0.3, -0.25) is 0 Å². The van der Waals surface area contributed by atoms with E-state index in [1.54, 1.807) is 0 Å². The lowest BCUT2D eigenvalue weighted by molar-refractivity contribution is 0.596. The van der Waals surface area contributed by atoms with Crippen molar-refractivity contribution in [3.63, 3.8) is 0 Å². The third kappa shape index (κ3) is 2.98. The van der Waals surface area contributed by atoms with Crippen molar-refractivity contribution in [3.8, 4) is 0 Å². The second-order valence-electron chi connectivity index (χ2n) is 3.42. The zero-order valence-corrected chi connectivity index (χ0v) is 11.8. The van der Waals surface area contributed by atoms with Gasteiger partial charge in [-0.2, -0.15) is 0 Å². The number of primary sulfonamides is 1. The van der Waals surface area contributed by atoms with Crippen LogP contribution in [0.4, 0.5) is 0 Å². The van der Waals surface area contributed by atoms with Gasteiger partial charge in [-0.25, -0.2) is 22.0 Å². The van der Waals surface area contributed by atoms with Gasteiger partial charge in [-0.05, 0) is 11.6 Å². The summed E-state index contributed by atoms with van der Waals surface area (Å²) in [5.74, 6) is -0.0232. The molecule has 0 fully saturated rings. The van der Waals surface area contributed by atoms with E-state index in [9.17, 15) is 16.8 Å². The molecule has 6 nitrogen and oxygen atoms in total. The Morgan fingerprint density at radius 2 is 2.06 bits per heavy atom. The number of nitrogens with one attached hydrogen (secondary N) is 1. The van der Waals surface area contributed by atoms with Crippen LogP contribution in [-0.4, -0.2) is 29.1 Å². The highest BCUT2D eigenvalue weighted by molar-refractivity contribution is 7.95. The molecule has 0 aliphatic carbocycles. The molecule has 1 aliphatic heterocycles. The van der Waals surface area contributed by atoms with Gasteiger partial charge in [0.15, 0.2) is 9.84 Å². The first-order valence-corrected chi connectivity index (χ1v) is 8.41. The van der Waals surface area contributed by atoms with E-state index in [4.69, 9.17) is 5.14 Å². The van der Waals surface area contributed by atoms with Crippen LogP contribution in [0.1, 0.15) is 5.56 Å². The molecule has 0 amide bonds. The number of hydrogen-bond donors (Lipinski definition) is 2. The molecule has 98 valence electrons. The molecule has 2 heterocycles. The Labute approximate surface area is 110 Å². The van der Waals surface area contributed by atoms with E-state index in [-0.39, 0.29) is 26.6 Å². The van der Waals surface area contributed by atoms with Crippen LogP contribution in [0.2, 0.25) is 0 Å². The van der Waals surface area contributed by atoms with Gasteiger partial charge in [0.1, 0.15) is 8.42 Å². The standard InChI is InChI=1S/C7H10N2O4S3.ClH/c8-16(12,13)6-3-5-4-9-1-2-15(10,11)7(5)14-6;/h3,9H,1-2,4H2,(H2,8,12,13);1H. The topological polar surface area (TPSA) is 106 Å². The van der Waals surface area contributed by atoms with Crippen molar-refractivity contribution in [2.45, 2.75) is 15.0 Å². The number of halogens is 1. The molecule has 10 heteroatoms. The quantitative estimate of drug-likeness (QED) is 0.739. The van der Waals surface area contributed by atoms with Crippen LogP contribution in [0.3, 0.4) is 0 Å². The maximum Gasteiger partial charge on any atom is 0.247 e. The predicted octanol–water partition coefficient (Wildman–Crippen LogP) is -0.306. The normalized spacial score (nSPS) is 18.9.